The summed E-state index contributed by atoms with van der Waals surface area (Å²) in [6.07, 6.45) is 4.11. The molecule has 156 valence electrons. The van der Waals surface area contributed by atoms with Crippen LogP contribution in [0.25, 0.3) is 10.8 Å². The Kier molecular flexibility index (Phi) is 6.93. The average Bonchev–Trinajstić information content (AvgIpc) is 2.79. The minimum atomic E-state index is 0.458. The van der Waals surface area contributed by atoms with Crippen LogP contribution in [0.1, 0.15) is 31.0 Å². The van der Waals surface area contributed by atoms with Gasteiger partial charge in [-0.15, -0.1) is 0 Å². The molecule has 5 heteroatoms. The van der Waals surface area contributed by atoms with Crippen molar-refractivity contribution in [1.82, 2.24) is 20.5 Å². The third-order valence-corrected chi connectivity index (χ3v) is 5.62. The summed E-state index contributed by atoms with van der Waals surface area (Å²) >= 11 is 0. The van der Waals surface area contributed by atoms with Crippen LogP contribution in [-0.4, -0.2) is 41.5 Å². The Morgan fingerprint density at radius 2 is 1.83 bits per heavy atom. The van der Waals surface area contributed by atoms with Gasteiger partial charge in [-0.25, -0.2) is 4.99 Å². The van der Waals surface area contributed by atoms with Gasteiger partial charge in [-0.2, -0.15) is 0 Å². The van der Waals surface area contributed by atoms with Crippen molar-refractivity contribution in [3.05, 3.63) is 78.1 Å². The van der Waals surface area contributed by atoms with Gasteiger partial charge in [0.1, 0.15) is 0 Å². The van der Waals surface area contributed by atoms with Gasteiger partial charge in [-0.3, -0.25) is 9.88 Å². The third kappa shape index (κ3) is 5.57. The second-order valence-corrected chi connectivity index (χ2v) is 7.89. The number of guanidine groups is 1. The second-order valence-electron chi connectivity index (χ2n) is 7.89. The number of nitrogens with one attached hydrogen (secondary N) is 2. The summed E-state index contributed by atoms with van der Waals surface area (Å²) in [5.74, 6) is 0.911. The van der Waals surface area contributed by atoms with E-state index in [1.165, 1.54) is 16.3 Å². The summed E-state index contributed by atoms with van der Waals surface area (Å²) in [5, 5.41) is 9.59. The Balaban J connectivity index is 1.31. The van der Waals surface area contributed by atoms with Crippen LogP contribution < -0.4 is 10.6 Å². The summed E-state index contributed by atoms with van der Waals surface area (Å²) in [6, 6.07) is 21.6. The van der Waals surface area contributed by atoms with Crippen molar-refractivity contribution in [3.63, 3.8) is 0 Å². The van der Waals surface area contributed by atoms with Crippen LogP contribution in [-0.2, 0) is 13.1 Å². The van der Waals surface area contributed by atoms with Gasteiger partial charge < -0.3 is 10.6 Å². The van der Waals surface area contributed by atoms with Gasteiger partial charge in [0, 0.05) is 38.4 Å². The van der Waals surface area contributed by atoms with Gasteiger partial charge in [0.05, 0.1) is 12.2 Å². The molecule has 30 heavy (non-hydrogen) atoms. The first-order chi connectivity index (χ1) is 14.8. The molecule has 1 aliphatic rings. The SMILES string of the molecule is CCNC(=NCc1ccc2ccccc2c1)NC1CCN(Cc2ccccn2)CC1. The summed E-state index contributed by atoms with van der Waals surface area (Å²) in [7, 11) is 0. The molecular formula is C25H31N5. The number of fused-ring (bicyclic) bond motifs is 1. The third-order valence-electron chi connectivity index (χ3n) is 5.62. The van der Waals surface area contributed by atoms with E-state index in [4.69, 9.17) is 4.99 Å². The molecule has 1 saturated heterocycles. The summed E-state index contributed by atoms with van der Waals surface area (Å²) < 4.78 is 0. The van der Waals surface area contributed by atoms with E-state index in [0.717, 1.165) is 50.7 Å². The van der Waals surface area contributed by atoms with Gasteiger partial charge >= 0.3 is 0 Å². The molecule has 5 nitrogen and oxygen atoms in total. The smallest absolute Gasteiger partial charge is 0.191 e. The van der Waals surface area contributed by atoms with Crippen LogP contribution >= 0.6 is 0 Å². The van der Waals surface area contributed by atoms with E-state index in [1.54, 1.807) is 0 Å². The molecule has 0 radical (unpaired) electrons. The second kappa shape index (κ2) is 10.2. The van der Waals surface area contributed by atoms with Crippen molar-refractivity contribution in [3.8, 4) is 0 Å². The number of rotatable bonds is 6. The van der Waals surface area contributed by atoms with Gasteiger partial charge in [-0.1, -0.05) is 42.5 Å². The Bertz CT molecular complexity index is 961. The number of benzene rings is 2. The van der Waals surface area contributed by atoms with E-state index in [-0.39, 0.29) is 0 Å². The fourth-order valence-corrected chi connectivity index (χ4v) is 3.98. The molecule has 2 N–H and O–H groups in total. The highest BCUT2D eigenvalue weighted by atomic mass is 15.2. The van der Waals surface area contributed by atoms with Crippen LogP contribution in [0.3, 0.4) is 0 Å². The fraction of sp³-hybridized carbons (Fsp3) is 0.360. The molecule has 0 aliphatic carbocycles. The van der Waals surface area contributed by atoms with Crippen molar-refractivity contribution in [2.24, 2.45) is 4.99 Å². The largest absolute Gasteiger partial charge is 0.357 e. The lowest BCUT2D eigenvalue weighted by molar-refractivity contribution is 0.196. The molecule has 4 rings (SSSR count). The van der Waals surface area contributed by atoms with Crippen molar-refractivity contribution in [2.75, 3.05) is 19.6 Å². The van der Waals surface area contributed by atoms with E-state index in [2.05, 4.69) is 82.0 Å². The minimum absolute atomic E-state index is 0.458. The Hall–Kier alpha value is -2.92. The molecule has 0 spiro atoms. The van der Waals surface area contributed by atoms with E-state index < -0.39 is 0 Å². The predicted molar refractivity (Wildman–Crippen MR) is 124 cm³/mol. The maximum atomic E-state index is 4.84. The molecule has 1 aliphatic heterocycles. The first kappa shape index (κ1) is 20.4. The van der Waals surface area contributed by atoms with Crippen LogP contribution in [0.15, 0.2) is 71.9 Å². The molecular weight excluding hydrogens is 370 g/mol. The monoisotopic (exact) mass is 401 g/mol. The van der Waals surface area contributed by atoms with E-state index in [9.17, 15) is 0 Å². The summed E-state index contributed by atoms with van der Waals surface area (Å²) in [4.78, 5) is 11.8. The first-order valence-electron chi connectivity index (χ1n) is 10.9. The van der Waals surface area contributed by atoms with Gasteiger partial charge in [0.15, 0.2) is 5.96 Å². The molecule has 0 bridgehead atoms. The number of nitrogens with zero attached hydrogens (tertiary/aromatic N) is 3. The maximum absolute atomic E-state index is 4.84. The quantitative estimate of drug-likeness (QED) is 0.485. The Labute approximate surface area is 179 Å². The molecule has 0 saturated carbocycles. The molecule has 1 aromatic heterocycles. The van der Waals surface area contributed by atoms with E-state index >= 15 is 0 Å². The summed E-state index contributed by atoms with van der Waals surface area (Å²) in [6.45, 7) is 6.75. The highest BCUT2D eigenvalue weighted by Gasteiger charge is 2.20. The number of pyridine rings is 1. The number of hydrogen-bond acceptors (Lipinski definition) is 3. The average molecular weight is 402 g/mol. The lowest BCUT2D eigenvalue weighted by atomic mass is 10.0. The number of aromatic nitrogens is 1. The topological polar surface area (TPSA) is 52.6 Å². The van der Waals surface area contributed by atoms with Gasteiger partial charge in [0.2, 0.25) is 0 Å². The van der Waals surface area contributed by atoms with Crippen LogP contribution in [0.2, 0.25) is 0 Å². The Morgan fingerprint density at radius 1 is 1.03 bits per heavy atom. The van der Waals surface area contributed by atoms with Crippen molar-refractivity contribution in [1.29, 1.82) is 0 Å². The highest BCUT2D eigenvalue weighted by molar-refractivity contribution is 5.83. The van der Waals surface area contributed by atoms with Gasteiger partial charge in [-0.05, 0) is 54.3 Å². The van der Waals surface area contributed by atoms with E-state index in [1.807, 2.05) is 12.3 Å². The van der Waals surface area contributed by atoms with Crippen molar-refractivity contribution in [2.45, 2.75) is 38.9 Å². The number of piperidine rings is 1. The molecule has 0 amide bonds. The lowest BCUT2D eigenvalue weighted by Gasteiger charge is -2.32. The summed E-state index contributed by atoms with van der Waals surface area (Å²) in [5.41, 5.74) is 2.38. The number of hydrogen-bond donors (Lipinski definition) is 2. The molecule has 1 fully saturated rings. The van der Waals surface area contributed by atoms with E-state index in [0.29, 0.717) is 12.6 Å². The van der Waals surface area contributed by atoms with Crippen LogP contribution in [0.5, 0.6) is 0 Å². The lowest BCUT2D eigenvalue weighted by Crippen LogP contribution is -2.48. The zero-order valence-electron chi connectivity index (χ0n) is 17.7. The first-order valence-corrected chi connectivity index (χ1v) is 10.9. The molecule has 2 heterocycles. The van der Waals surface area contributed by atoms with Gasteiger partial charge in [0.25, 0.3) is 0 Å². The normalized spacial score (nSPS) is 16.0. The molecule has 3 aromatic rings. The zero-order chi connectivity index (χ0) is 20.6. The van der Waals surface area contributed by atoms with Crippen molar-refractivity contribution >= 4 is 16.7 Å². The number of likely N-dealkylation sites (tertiary alicyclic amines) is 1. The van der Waals surface area contributed by atoms with Crippen LogP contribution in [0, 0.1) is 0 Å². The number of aliphatic imine (C=N–C) groups is 1. The van der Waals surface area contributed by atoms with Crippen LogP contribution in [0.4, 0.5) is 0 Å². The van der Waals surface area contributed by atoms with Crippen molar-refractivity contribution < 1.29 is 0 Å². The maximum Gasteiger partial charge on any atom is 0.191 e. The standard InChI is InChI=1S/C25H31N5/c1-2-26-25(28-18-20-10-11-21-7-3-4-8-22(21)17-20)29-23-12-15-30(16-13-23)19-24-9-5-6-14-27-24/h3-11,14,17,23H,2,12-13,15-16,18-19H2,1H3,(H2,26,28,29). The molecule has 0 atom stereocenters. The zero-order valence-corrected chi connectivity index (χ0v) is 17.7. The highest BCUT2D eigenvalue weighted by Crippen LogP contribution is 2.16. The molecule has 2 aromatic carbocycles. The Morgan fingerprint density at radius 3 is 2.60 bits per heavy atom. The minimum Gasteiger partial charge on any atom is -0.357 e. The molecule has 0 unspecified atom stereocenters. The predicted octanol–water partition coefficient (Wildman–Crippen LogP) is 3.95. The fourth-order valence-electron chi connectivity index (χ4n) is 3.98.